The van der Waals surface area contributed by atoms with E-state index in [2.05, 4.69) is 4.72 Å². The van der Waals surface area contributed by atoms with Crippen LogP contribution in [0, 0.1) is 17.1 Å². The number of hydrogen-bond acceptors (Lipinski definition) is 2. The van der Waals surface area contributed by atoms with Gasteiger partial charge >= 0.3 is 0 Å². The van der Waals surface area contributed by atoms with Gasteiger partial charge in [0.1, 0.15) is 5.82 Å². The average molecular weight is 268 g/mol. The molecular weight excluding hydrogens is 251 g/mol. The van der Waals surface area contributed by atoms with E-state index in [9.17, 15) is 8.60 Å². The van der Waals surface area contributed by atoms with E-state index in [1.165, 1.54) is 18.2 Å². The lowest BCUT2D eigenvalue weighted by atomic mass is 10.1. The molecule has 0 aliphatic heterocycles. The van der Waals surface area contributed by atoms with Crippen LogP contribution in [0.5, 0.6) is 0 Å². The molecule has 0 saturated carbocycles. The summed E-state index contributed by atoms with van der Waals surface area (Å²) in [5.41, 5.74) is 0.744. The number of nitrogens with one attached hydrogen (secondary N) is 1. The van der Waals surface area contributed by atoms with Crippen LogP contribution in [0.3, 0.4) is 0 Å². The second-order valence-corrected chi connectivity index (χ2v) is 7.07. The molecule has 0 amide bonds. The molecule has 0 aromatic heterocycles. The maximum atomic E-state index is 13.7. The van der Waals surface area contributed by atoms with E-state index >= 15 is 0 Å². The lowest BCUT2D eigenvalue weighted by Crippen LogP contribution is -2.35. The number of rotatable bonds is 3. The van der Waals surface area contributed by atoms with Gasteiger partial charge in [0.15, 0.2) is 0 Å². The predicted octanol–water partition coefficient (Wildman–Crippen LogP) is 2.81. The zero-order chi connectivity index (χ0) is 13.9. The molecule has 3 nitrogen and oxygen atoms in total. The van der Waals surface area contributed by atoms with Gasteiger partial charge in [-0.15, -0.1) is 0 Å². The van der Waals surface area contributed by atoms with Gasteiger partial charge in [-0.3, -0.25) is 0 Å². The quantitative estimate of drug-likeness (QED) is 0.916. The summed E-state index contributed by atoms with van der Waals surface area (Å²) in [6, 6.07) is 5.70. The summed E-state index contributed by atoms with van der Waals surface area (Å²) >= 11 is 0. The first-order valence-electron chi connectivity index (χ1n) is 5.63. The third-order valence-corrected chi connectivity index (χ3v) is 4.11. The zero-order valence-electron chi connectivity index (χ0n) is 11.0. The van der Waals surface area contributed by atoms with Gasteiger partial charge in [0, 0.05) is 11.6 Å². The minimum absolute atomic E-state index is 0.353. The molecule has 0 aliphatic rings. The Labute approximate surface area is 110 Å². The lowest BCUT2D eigenvalue weighted by Gasteiger charge is -2.22. The van der Waals surface area contributed by atoms with Gasteiger partial charge in [-0.25, -0.2) is 13.3 Å². The van der Waals surface area contributed by atoms with E-state index in [-0.39, 0.29) is 0 Å². The van der Waals surface area contributed by atoms with Crippen LogP contribution in [0.4, 0.5) is 4.39 Å². The number of nitriles is 1. The highest BCUT2D eigenvalue weighted by Crippen LogP contribution is 2.20. The summed E-state index contributed by atoms with van der Waals surface area (Å²) in [6.45, 7) is 7.24. The molecule has 0 bridgehead atoms. The summed E-state index contributed by atoms with van der Waals surface area (Å²) in [6.07, 6.45) is 0. The summed E-state index contributed by atoms with van der Waals surface area (Å²) in [4.78, 5) is 0. The number of nitrogens with zero attached hydrogens (tertiary/aromatic N) is 1. The Bertz CT molecular complexity index is 503. The average Bonchev–Trinajstić information content (AvgIpc) is 2.28. The summed E-state index contributed by atoms with van der Waals surface area (Å²) in [5.74, 6) is -0.403. The van der Waals surface area contributed by atoms with Crippen molar-refractivity contribution in [3.8, 4) is 6.07 Å². The Morgan fingerprint density at radius 1 is 1.44 bits per heavy atom. The van der Waals surface area contributed by atoms with Crippen LogP contribution in [-0.2, 0) is 11.0 Å². The summed E-state index contributed by atoms with van der Waals surface area (Å²) in [5, 5.41) is 8.79. The molecular formula is C13H17FN2OS. The second-order valence-electron chi connectivity index (χ2n) is 5.07. The minimum Gasteiger partial charge on any atom is -0.242 e. The Morgan fingerprint density at radius 3 is 2.56 bits per heavy atom. The third kappa shape index (κ3) is 3.62. The van der Waals surface area contributed by atoms with Crippen LogP contribution in [0.15, 0.2) is 18.2 Å². The number of halogens is 1. The Balaban J connectivity index is 2.95. The van der Waals surface area contributed by atoms with Crippen molar-refractivity contribution in [2.45, 2.75) is 38.5 Å². The smallest absolute Gasteiger partial charge is 0.128 e. The molecule has 0 aliphatic carbocycles. The van der Waals surface area contributed by atoms with Gasteiger partial charge in [0.05, 0.1) is 27.4 Å². The molecule has 0 fully saturated rings. The zero-order valence-corrected chi connectivity index (χ0v) is 11.8. The molecule has 0 radical (unpaired) electrons. The van der Waals surface area contributed by atoms with Crippen molar-refractivity contribution >= 4 is 11.0 Å². The fraction of sp³-hybridized carbons (Fsp3) is 0.462. The van der Waals surface area contributed by atoms with Crippen LogP contribution in [-0.4, -0.2) is 8.96 Å². The van der Waals surface area contributed by atoms with Crippen molar-refractivity contribution in [1.29, 1.82) is 5.26 Å². The molecule has 18 heavy (non-hydrogen) atoms. The maximum Gasteiger partial charge on any atom is 0.128 e. The first kappa shape index (κ1) is 14.8. The SMILES string of the molecule is C[C@H](N[S@](=O)C(C)(C)C)c1cc(C#N)ccc1F. The van der Waals surface area contributed by atoms with Gasteiger partial charge in [0.2, 0.25) is 0 Å². The molecule has 0 saturated heterocycles. The molecule has 0 spiro atoms. The van der Waals surface area contributed by atoms with Crippen LogP contribution in [0.2, 0.25) is 0 Å². The first-order chi connectivity index (χ1) is 8.25. The highest BCUT2D eigenvalue weighted by atomic mass is 32.2. The highest BCUT2D eigenvalue weighted by molar-refractivity contribution is 7.84. The van der Waals surface area contributed by atoms with Gasteiger partial charge < -0.3 is 0 Å². The van der Waals surface area contributed by atoms with Crippen molar-refractivity contribution < 1.29 is 8.60 Å². The molecule has 1 N–H and O–H groups in total. The molecule has 1 aromatic rings. The van der Waals surface area contributed by atoms with Crippen LogP contribution in [0.25, 0.3) is 0 Å². The summed E-state index contributed by atoms with van der Waals surface area (Å²) < 4.78 is 28.0. The van der Waals surface area contributed by atoms with Gasteiger partial charge in [-0.2, -0.15) is 5.26 Å². The van der Waals surface area contributed by atoms with Crippen molar-refractivity contribution in [2.24, 2.45) is 0 Å². The number of benzene rings is 1. The summed E-state index contributed by atoms with van der Waals surface area (Å²) in [7, 11) is -1.28. The maximum absolute atomic E-state index is 13.7. The van der Waals surface area contributed by atoms with Crippen LogP contribution in [0.1, 0.15) is 44.9 Å². The van der Waals surface area contributed by atoms with Crippen molar-refractivity contribution in [2.75, 3.05) is 0 Å². The van der Waals surface area contributed by atoms with Crippen molar-refractivity contribution in [3.05, 3.63) is 35.1 Å². The fourth-order valence-corrected chi connectivity index (χ4v) is 2.15. The van der Waals surface area contributed by atoms with Crippen molar-refractivity contribution in [1.82, 2.24) is 4.72 Å². The second kappa shape index (κ2) is 5.59. The Kier molecular flexibility index (Phi) is 4.60. The molecule has 1 rings (SSSR count). The molecule has 1 aromatic carbocycles. The number of hydrogen-bond donors (Lipinski definition) is 1. The van der Waals surface area contributed by atoms with Gasteiger partial charge in [0.25, 0.3) is 0 Å². The first-order valence-corrected chi connectivity index (χ1v) is 6.78. The molecule has 2 atom stereocenters. The standard InChI is InChI=1S/C13H17FN2OS/c1-9(16-18(17)13(2,3)4)11-7-10(8-15)5-6-12(11)14/h5-7,9,16H,1-4H3/t9-,18+/m0/s1. The highest BCUT2D eigenvalue weighted by Gasteiger charge is 2.22. The predicted molar refractivity (Wildman–Crippen MR) is 70.6 cm³/mol. The molecule has 5 heteroatoms. The Morgan fingerprint density at radius 2 is 2.06 bits per heavy atom. The minimum atomic E-state index is -1.28. The normalized spacial score (nSPS) is 14.9. The largest absolute Gasteiger partial charge is 0.242 e. The Hall–Kier alpha value is -1.25. The van der Waals surface area contributed by atoms with Crippen LogP contribution < -0.4 is 4.72 Å². The van der Waals surface area contributed by atoms with Gasteiger partial charge in [-0.1, -0.05) is 0 Å². The van der Waals surface area contributed by atoms with E-state index in [1.54, 1.807) is 6.92 Å². The topological polar surface area (TPSA) is 52.9 Å². The van der Waals surface area contributed by atoms with E-state index in [4.69, 9.17) is 5.26 Å². The third-order valence-electron chi connectivity index (χ3n) is 2.43. The van der Waals surface area contributed by atoms with E-state index in [1.807, 2.05) is 26.8 Å². The lowest BCUT2D eigenvalue weighted by molar-refractivity contribution is 0.571. The van der Waals surface area contributed by atoms with E-state index in [0.29, 0.717) is 11.1 Å². The van der Waals surface area contributed by atoms with E-state index < -0.39 is 27.6 Å². The molecule has 98 valence electrons. The van der Waals surface area contributed by atoms with E-state index in [0.717, 1.165) is 0 Å². The molecule has 0 unspecified atom stereocenters. The van der Waals surface area contributed by atoms with Crippen molar-refractivity contribution in [3.63, 3.8) is 0 Å². The van der Waals surface area contributed by atoms with Crippen LogP contribution >= 0.6 is 0 Å². The van der Waals surface area contributed by atoms with Gasteiger partial charge in [-0.05, 0) is 45.9 Å². The monoisotopic (exact) mass is 268 g/mol. The molecule has 0 heterocycles. The fourth-order valence-electron chi connectivity index (χ4n) is 1.35.